The zero-order valence-corrected chi connectivity index (χ0v) is 16.3. The topological polar surface area (TPSA) is 116 Å². The third kappa shape index (κ3) is 7.41. The van der Waals surface area contributed by atoms with Gasteiger partial charge in [0.2, 0.25) is 5.91 Å². The summed E-state index contributed by atoms with van der Waals surface area (Å²) in [5, 5.41) is 29.5. The average Bonchev–Trinajstić information content (AvgIpc) is 2.56. The lowest BCUT2D eigenvalue weighted by Gasteiger charge is -2.24. The molecule has 1 rings (SSSR count). The van der Waals surface area contributed by atoms with Crippen molar-refractivity contribution >= 4 is 5.91 Å². The monoisotopic (exact) mass is 366 g/mol. The van der Waals surface area contributed by atoms with Crippen molar-refractivity contribution in [3.05, 3.63) is 35.4 Å². The Morgan fingerprint density at radius 2 is 1.92 bits per heavy atom. The van der Waals surface area contributed by atoms with Gasteiger partial charge in [-0.2, -0.15) is 0 Å². The lowest BCUT2D eigenvalue weighted by Crippen LogP contribution is -2.40. The number of nitrogens with two attached hydrogens (primary N) is 1. The summed E-state index contributed by atoms with van der Waals surface area (Å²) in [5.41, 5.74) is 8.59. The fourth-order valence-corrected chi connectivity index (χ4v) is 2.94. The van der Waals surface area contributed by atoms with Crippen LogP contribution in [0.4, 0.5) is 0 Å². The molecule has 6 N–H and O–H groups in total. The fraction of sp³-hybridized carbons (Fsp3) is 0.650. The van der Waals surface area contributed by atoms with Gasteiger partial charge in [-0.25, -0.2) is 5.48 Å². The molecule has 148 valence electrons. The van der Waals surface area contributed by atoms with E-state index in [1.807, 2.05) is 24.3 Å². The molecule has 0 heterocycles. The van der Waals surface area contributed by atoms with Gasteiger partial charge in [0.25, 0.3) is 0 Å². The van der Waals surface area contributed by atoms with E-state index < -0.39 is 29.6 Å². The van der Waals surface area contributed by atoms with Gasteiger partial charge in [0.05, 0.1) is 11.7 Å². The summed E-state index contributed by atoms with van der Waals surface area (Å²) < 4.78 is 0. The molecule has 0 saturated carbocycles. The van der Waals surface area contributed by atoms with Crippen LogP contribution in [0.5, 0.6) is 0 Å². The highest BCUT2D eigenvalue weighted by Gasteiger charge is 2.26. The Balaban J connectivity index is 2.73. The second kappa shape index (κ2) is 10.0. The van der Waals surface area contributed by atoms with Gasteiger partial charge in [0, 0.05) is 12.0 Å². The highest BCUT2D eigenvalue weighted by atomic mass is 16.5. The van der Waals surface area contributed by atoms with Gasteiger partial charge < -0.3 is 15.9 Å². The highest BCUT2D eigenvalue weighted by Crippen LogP contribution is 2.23. The number of amides is 1. The van der Waals surface area contributed by atoms with Crippen LogP contribution >= 0.6 is 0 Å². The zero-order chi connectivity index (χ0) is 19.9. The first-order valence-corrected chi connectivity index (χ1v) is 9.24. The van der Waals surface area contributed by atoms with Crippen molar-refractivity contribution in [2.75, 3.05) is 0 Å². The van der Waals surface area contributed by atoms with Gasteiger partial charge in [0.1, 0.15) is 0 Å². The Morgan fingerprint density at radius 1 is 1.27 bits per heavy atom. The van der Waals surface area contributed by atoms with Crippen molar-refractivity contribution in [2.45, 2.75) is 71.1 Å². The van der Waals surface area contributed by atoms with E-state index in [-0.39, 0.29) is 6.42 Å². The van der Waals surface area contributed by atoms with E-state index in [0.717, 1.165) is 17.5 Å². The van der Waals surface area contributed by atoms with Crippen LogP contribution in [0.2, 0.25) is 0 Å². The molecule has 0 radical (unpaired) electrons. The van der Waals surface area contributed by atoms with E-state index in [9.17, 15) is 15.0 Å². The number of benzene rings is 1. The summed E-state index contributed by atoms with van der Waals surface area (Å²) in [6.45, 7) is 7.55. The van der Waals surface area contributed by atoms with Gasteiger partial charge in [-0.3, -0.25) is 10.0 Å². The molecule has 26 heavy (non-hydrogen) atoms. The summed E-state index contributed by atoms with van der Waals surface area (Å²) in [6, 6.07) is 6.94. The molecule has 3 atom stereocenters. The first-order chi connectivity index (χ1) is 12.0. The number of rotatable bonds is 10. The predicted molar refractivity (Wildman–Crippen MR) is 101 cm³/mol. The minimum absolute atomic E-state index is 0.200. The lowest BCUT2D eigenvalue weighted by molar-refractivity contribution is -0.134. The molecular weight excluding hydrogens is 332 g/mol. The van der Waals surface area contributed by atoms with Crippen molar-refractivity contribution in [1.82, 2.24) is 5.48 Å². The van der Waals surface area contributed by atoms with Crippen LogP contribution < -0.4 is 11.2 Å². The van der Waals surface area contributed by atoms with E-state index in [0.29, 0.717) is 18.8 Å². The van der Waals surface area contributed by atoms with Crippen molar-refractivity contribution in [3.8, 4) is 0 Å². The van der Waals surface area contributed by atoms with Gasteiger partial charge in [-0.1, -0.05) is 44.5 Å². The largest absolute Gasteiger partial charge is 0.391 e. The summed E-state index contributed by atoms with van der Waals surface area (Å²) in [5.74, 6) is -0.536. The second-order valence-electron chi connectivity index (χ2n) is 8.07. The maximum absolute atomic E-state index is 11.9. The molecule has 0 aliphatic carbocycles. The van der Waals surface area contributed by atoms with E-state index in [1.165, 1.54) is 0 Å². The van der Waals surface area contributed by atoms with Gasteiger partial charge >= 0.3 is 0 Å². The number of hydrogen-bond acceptors (Lipinski definition) is 5. The van der Waals surface area contributed by atoms with Crippen LogP contribution in [0.25, 0.3) is 0 Å². The van der Waals surface area contributed by atoms with Crippen molar-refractivity contribution in [3.63, 3.8) is 0 Å². The highest BCUT2D eigenvalue weighted by molar-refractivity contribution is 5.77. The number of aliphatic hydroxyl groups is 2. The van der Waals surface area contributed by atoms with Crippen LogP contribution in [-0.4, -0.2) is 33.5 Å². The number of hydrogen-bond donors (Lipinski definition) is 5. The minimum atomic E-state index is -0.945. The van der Waals surface area contributed by atoms with E-state index in [2.05, 4.69) is 13.8 Å². The van der Waals surface area contributed by atoms with Crippen molar-refractivity contribution in [2.24, 2.45) is 17.6 Å². The summed E-state index contributed by atoms with van der Waals surface area (Å²) in [7, 11) is 0. The Morgan fingerprint density at radius 3 is 2.46 bits per heavy atom. The first-order valence-electron chi connectivity index (χ1n) is 9.24. The molecule has 1 amide bonds. The third-order valence-electron chi connectivity index (χ3n) is 4.70. The molecule has 0 aliphatic heterocycles. The Labute approximate surface area is 156 Å². The van der Waals surface area contributed by atoms with Crippen molar-refractivity contribution in [1.29, 1.82) is 0 Å². The lowest BCUT2D eigenvalue weighted by atomic mass is 9.88. The summed E-state index contributed by atoms with van der Waals surface area (Å²) in [6.07, 6.45) is 1.18. The Bertz CT molecular complexity index is 569. The quantitative estimate of drug-likeness (QED) is 0.321. The van der Waals surface area contributed by atoms with Gasteiger partial charge in [-0.15, -0.1) is 0 Å². The molecule has 0 spiro atoms. The van der Waals surface area contributed by atoms with Crippen LogP contribution in [0.1, 0.15) is 58.1 Å². The SMILES string of the molecule is CC(C)CCC(CC(O)C(N)Cc1cccc(C(C)(C)O)c1)C(=O)NO. The molecule has 0 saturated heterocycles. The van der Waals surface area contributed by atoms with Crippen LogP contribution in [-0.2, 0) is 16.8 Å². The number of hydroxylamine groups is 1. The average molecular weight is 367 g/mol. The predicted octanol–water partition coefficient (Wildman–Crippen LogP) is 2.09. The van der Waals surface area contributed by atoms with Crippen LogP contribution in [0.15, 0.2) is 24.3 Å². The molecule has 1 aromatic carbocycles. The molecular formula is C20H34N2O4. The number of nitrogens with one attached hydrogen (secondary N) is 1. The maximum atomic E-state index is 11.9. The number of aliphatic hydroxyl groups excluding tert-OH is 1. The molecule has 3 unspecified atom stereocenters. The molecule has 6 nitrogen and oxygen atoms in total. The molecule has 0 aromatic heterocycles. The maximum Gasteiger partial charge on any atom is 0.246 e. The summed E-state index contributed by atoms with van der Waals surface area (Å²) >= 11 is 0. The van der Waals surface area contributed by atoms with E-state index in [1.54, 1.807) is 19.3 Å². The number of carbonyl (C=O) groups is 1. The van der Waals surface area contributed by atoms with Crippen molar-refractivity contribution < 1.29 is 20.2 Å². The smallest absolute Gasteiger partial charge is 0.246 e. The minimum Gasteiger partial charge on any atom is -0.391 e. The number of carbonyl (C=O) groups excluding carboxylic acids is 1. The standard InChI is InChI=1S/C20H34N2O4/c1-13(2)8-9-15(19(24)22-26)12-18(23)17(21)11-14-6-5-7-16(10-14)20(3,4)25/h5-7,10,13,15,17-18,23,25-26H,8-9,11-12,21H2,1-4H3,(H,22,24). The third-order valence-corrected chi connectivity index (χ3v) is 4.70. The van der Waals surface area contributed by atoms with Crippen LogP contribution in [0.3, 0.4) is 0 Å². The fourth-order valence-electron chi connectivity index (χ4n) is 2.94. The summed E-state index contributed by atoms with van der Waals surface area (Å²) in [4.78, 5) is 11.9. The van der Waals surface area contributed by atoms with Gasteiger partial charge in [0.15, 0.2) is 0 Å². The van der Waals surface area contributed by atoms with Crippen LogP contribution in [0, 0.1) is 11.8 Å². The molecule has 1 aromatic rings. The van der Waals surface area contributed by atoms with E-state index >= 15 is 0 Å². The zero-order valence-electron chi connectivity index (χ0n) is 16.3. The van der Waals surface area contributed by atoms with Gasteiger partial charge in [-0.05, 0) is 50.2 Å². The Kier molecular flexibility index (Phi) is 8.70. The molecule has 0 bridgehead atoms. The Hall–Kier alpha value is -1.47. The molecule has 0 aliphatic rings. The molecule has 0 fully saturated rings. The van der Waals surface area contributed by atoms with E-state index in [4.69, 9.17) is 10.9 Å². The molecule has 6 heteroatoms. The normalized spacial score (nSPS) is 15.6. The first kappa shape index (κ1) is 22.6. The second-order valence-corrected chi connectivity index (χ2v) is 8.07.